The van der Waals surface area contributed by atoms with Gasteiger partial charge < -0.3 is 10.1 Å². The first-order valence-corrected chi connectivity index (χ1v) is 10.2. The molecule has 0 spiro atoms. The van der Waals surface area contributed by atoms with E-state index in [9.17, 15) is 31.2 Å². The third-order valence-electron chi connectivity index (χ3n) is 4.47. The smallest absolute Gasteiger partial charge is 0.414 e. The van der Waals surface area contributed by atoms with E-state index in [2.05, 4.69) is 5.32 Å². The van der Waals surface area contributed by atoms with E-state index in [0.717, 1.165) is 11.0 Å². The summed E-state index contributed by atoms with van der Waals surface area (Å²) in [6, 6.07) is 0.680. The predicted octanol–water partition coefficient (Wildman–Crippen LogP) is 1.77. The number of allylic oxidation sites excluding steroid dienone is 1. The minimum absolute atomic E-state index is 0.0242. The number of hydrogen-bond donors (Lipinski definition) is 1. The molecule has 7 nitrogen and oxygen atoms in total. The summed E-state index contributed by atoms with van der Waals surface area (Å²) in [6.45, 7) is 1.04. The Bertz CT molecular complexity index is 977. The van der Waals surface area contributed by atoms with E-state index in [1.807, 2.05) is 0 Å². The van der Waals surface area contributed by atoms with Crippen LogP contribution in [0.1, 0.15) is 18.9 Å². The lowest BCUT2D eigenvalue weighted by Crippen LogP contribution is -2.33. The summed E-state index contributed by atoms with van der Waals surface area (Å²) in [7, 11) is -3.32. The summed E-state index contributed by atoms with van der Waals surface area (Å²) in [5, 5.41) is 2.43. The van der Waals surface area contributed by atoms with Crippen LogP contribution in [0.5, 0.6) is 0 Å². The number of benzene rings is 1. The van der Waals surface area contributed by atoms with Crippen molar-refractivity contribution in [2.24, 2.45) is 0 Å². The Kier molecular flexibility index (Phi) is 5.37. The van der Waals surface area contributed by atoms with Gasteiger partial charge in [-0.1, -0.05) is 6.08 Å². The first-order valence-electron chi connectivity index (χ1n) is 8.39. The second-order valence-electron chi connectivity index (χ2n) is 6.53. The molecule has 1 aromatic rings. The van der Waals surface area contributed by atoms with Crippen molar-refractivity contribution in [1.29, 1.82) is 0 Å². The fraction of sp³-hybridized carbons (Fsp3) is 0.412. The van der Waals surface area contributed by atoms with Crippen molar-refractivity contribution in [3.63, 3.8) is 0 Å². The van der Waals surface area contributed by atoms with E-state index in [1.54, 1.807) is 0 Å². The number of nitrogens with one attached hydrogen (secondary N) is 1. The number of hydrogen-bond acceptors (Lipinski definition) is 5. The molecular formula is C17H17F3N2O5S. The Morgan fingerprint density at radius 1 is 1.32 bits per heavy atom. The number of carbonyl (C=O) groups excluding carboxylic acids is 2. The van der Waals surface area contributed by atoms with Crippen LogP contribution in [-0.2, 0) is 19.4 Å². The molecule has 0 saturated carbocycles. The zero-order chi connectivity index (χ0) is 20.6. The predicted molar refractivity (Wildman–Crippen MR) is 93.9 cm³/mol. The second-order valence-corrected chi connectivity index (χ2v) is 8.76. The highest BCUT2D eigenvalue weighted by atomic mass is 32.2. The average Bonchev–Trinajstić information content (AvgIpc) is 2.98. The van der Waals surface area contributed by atoms with Gasteiger partial charge in [0.2, 0.25) is 5.91 Å². The van der Waals surface area contributed by atoms with Crippen molar-refractivity contribution in [1.82, 2.24) is 5.32 Å². The molecule has 152 valence electrons. The van der Waals surface area contributed by atoms with Crippen LogP contribution in [0, 0.1) is 17.5 Å². The highest BCUT2D eigenvalue weighted by molar-refractivity contribution is 7.91. The Morgan fingerprint density at radius 2 is 2.04 bits per heavy atom. The van der Waals surface area contributed by atoms with Gasteiger partial charge in [0.1, 0.15) is 11.9 Å². The maximum atomic E-state index is 14.6. The fourth-order valence-corrected chi connectivity index (χ4v) is 4.21. The minimum atomic E-state index is -3.32. The van der Waals surface area contributed by atoms with Gasteiger partial charge in [0.25, 0.3) is 0 Å². The van der Waals surface area contributed by atoms with Gasteiger partial charge in [-0.2, -0.15) is 0 Å². The van der Waals surface area contributed by atoms with E-state index in [0.29, 0.717) is 6.07 Å². The highest BCUT2D eigenvalue weighted by Gasteiger charge is 2.36. The molecule has 1 saturated heterocycles. The summed E-state index contributed by atoms with van der Waals surface area (Å²) < 4.78 is 71.7. The zero-order valence-electron chi connectivity index (χ0n) is 14.8. The molecule has 2 aliphatic rings. The van der Waals surface area contributed by atoms with Gasteiger partial charge in [0, 0.05) is 13.0 Å². The Balaban J connectivity index is 1.90. The number of amides is 2. The number of halogens is 3. The molecule has 1 fully saturated rings. The number of cyclic esters (lactones) is 1. The molecule has 2 amide bonds. The minimum Gasteiger partial charge on any atom is -0.442 e. The lowest BCUT2D eigenvalue weighted by molar-refractivity contribution is -0.119. The van der Waals surface area contributed by atoms with Crippen LogP contribution in [0.25, 0.3) is 5.57 Å². The summed E-state index contributed by atoms with van der Waals surface area (Å²) in [6.07, 6.45) is -0.774. The van der Waals surface area contributed by atoms with Crippen LogP contribution in [-0.4, -0.2) is 51.1 Å². The maximum absolute atomic E-state index is 14.6. The molecule has 2 aliphatic heterocycles. The van der Waals surface area contributed by atoms with Crippen LogP contribution >= 0.6 is 0 Å². The van der Waals surface area contributed by atoms with E-state index >= 15 is 0 Å². The number of anilines is 1. The van der Waals surface area contributed by atoms with Crippen LogP contribution < -0.4 is 10.2 Å². The largest absolute Gasteiger partial charge is 0.442 e. The van der Waals surface area contributed by atoms with Crippen molar-refractivity contribution in [3.05, 3.63) is 35.2 Å². The molecule has 2 heterocycles. The molecule has 3 rings (SSSR count). The van der Waals surface area contributed by atoms with Crippen molar-refractivity contribution < 1.29 is 35.9 Å². The van der Waals surface area contributed by atoms with Crippen molar-refractivity contribution in [2.45, 2.75) is 19.4 Å². The number of ether oxygens (including phenoxy) is 1. The summed E-state index contributed by atoms with van der Waals surface area (Å²) in [5.41, 5.74) is -1.21. The van der Waals surface area contributed by atoms with E-state index in [-0.39, 0.29) is 42.5 Å². The zero-order valence-corrected chi connectivity index (χ0v) is 15.6. The molecule has 0 aliphatic carbocycles. The monoisotopic (exact) mass is 418 g/mol. The van der Waals surface area contributed by atoms with Crippen molar-refractivity contribution >= 4 is 33.1 Å². The molecule has 0 radical (unpaired) electrons. The topological polar surface area (TPSA) is 92.8 Å². The van der Waals surface area contributed by atoms with Crippen molar-refractivity contribution in [3.8, 4) is 0 Å². The number of nitrogens with zero attached hydrogens (tertiary/aromatic N) is 1. The van der Waals surface area contributed by atoms with E-state index in [4.69, 9.17) is 4.74 Å². The molecule has 1 atom stereocenters. The first kappa shape index (κ1) is 20.2. The third-order valence-corrected chi connectivity index (χ3v) is 5.97. The lowest BCUT2D eigenvalue weighted by atomic mass is 10.0. The Morgan fingerprint density at radius 3 is 2.64 bits per heavy atom. The van der Waals surface area contributed by atoms with Crippen LogP contribution in [0.2, 0.25) is 0 Å². The van der Waals surface area contributed by atoms with Crippen LogP contribution in [0.4, 0.5) is 23.7 Å². The molecule has 28 heavy (non-hydrogen) atoms. The van der Waals surface area contributed by atoms with Crippen LogP contribution in [0.15, 0.2) is 12.1 Å². The van der Waals surface area contributed by atoms with E-state index in [1.165, 1.54) is 6.92 Å². The van der Waals surface area contributed by atoms with Gasteiger partial charge in [-0.25, -0.2) is 26.4 Å². The van der Waals surface area contributed by atoms with Gasteiger partial charge >= 0.3 is 6.09 Å². The van der Waals surface area contributed by atoms with Crippen molar-refractivity contribution in [2.75, 3.05) is 29.5 Å². The normalized spacial score (nSPS) is 21.3. The molecule has 0 aromatic heterocycles. The molecule has 11 heteroatoms. The summed E-state index contributed by atoms with van der Waals surface area (Å²) in [5.74, 6) is -5.08. The Hall–Kier alpha value is -2.56. The SMILES string of the molecule is CC(=O)NC[C@H]1CN(c2cc(F)c(C3=CCS(=O)(=O)CC3)c(F)c2F)C(=O)O1. The van der Waals surface area contributed by atoms with Gasteiger partial charge in [-0.15, -0.1) is 0 Å². The van der Waals surface area contributed by atoms with Gasteiger partial charge in [0.05, 0.1) is 35.8 Å². The summed E-state index contributed by atoms with van der Waals surface area (Å²) >= 11 is 0. The first-order chi connectivity index (χ1) is 13.1. The lowest BCUT2D eigenvalue weighted by Gasteiger charge is -2.19. The molecule has 0 unspecified atom stereocenters. The van der Waals surface area contributed by atoms with Crippen LogP contribution in [0.3, 0.4) is 0 Å². The average molecular weight is 418 g/mol. The third kappa shape index (κ3) is 3.98. The van der Waals surface area contributed by atoms with Gasteiger partial charge in [0.15, 0.2) is 21.5 Å². The second kappa shape index (κ2) is 7.46. The molecule has 1 aromatic carbocycles. The quantitative estimate of drug-likeness (QED) is 0.753. The van der Waals surface area contributed by atoms with Gasteiger partial charge in [-0.05, 0) is 12.0 Å². The van der Waals surface area contributed by atoms with Gasteiger partial charge in [-0.3, -0.25) is 9.69 Å². The molecular weight excluding hydrogens is 401 g/mol. The standard InChI is InChI=1S/C17H17F3N2O5S/c1-9(23)21-7-11-8-22(17(24)27-11)13-6-12(18)14(16(20)15(13)19)10-2-4-28(25,26)5-3-10/h2,6,11H,3-5,7-8H2,1H3,(H,21,23)/t11-/m0/s1. The van der Waals surface area contributed by atoms with E-state index < -0.39 is 50.7 Å². The summed E-state index contributed by atoms with van der Waals surface area (Å²) in [4.78, 5) is 23.6. The Labute approximate surface area is 159 Å². The number of rotatable bonds is 4. The number of carbonyl (C=O) groups is 2. The number of sulfone groups is 1. The maximum Gasteiger partial charge on any atom is 0.414 e. The highest BCUT2D eigenvalue weighted by Crippen LogP contribution is 2.35. The fourth-order valence-electron chi connectivity index (χ4n) is 3.06. The molecule has 0 bridgehead atoms. The molecule has 1 N–H and O–H groups in total.